The van der Waals surface area contributed by atoms with E-state index in [1.807, 2.05) is 54.6 Å². The van der Waals surface area contributed by atoms with Crippen LogP contribution in [0.3, 0.4) is 0 Å². The molecule has 1 fully saturated rings. The lowest BCUT2D eigenvalue weighted by Gasteiger charge is -2.34. The number of urea groups is 1. The molecule has 0 spiro atoms. The molecule has 3 aromatic carbocycles. The van der Waals surface area contributed by atoms with Crippen molar-refractivity contribution in [3.05, 3.63) is 83.4 Å². The summed E-state index contributed by atoms with van der Waals surface area (Å²) in [5.74, 6) is -0.0970. The molecule has 0 radical (unpaired) electrons. The molecule has 0 bridgehead atoms. The average Bonchev–Trinajstić information content (AvgIpc) is 2.87. The Morgan fingerprint density at radius 1 is 1.00 bits per heavy atom. The first-order valence-electron chi connectivity index (χ1n) is 11.7. The highest BCUT2D eigenvalue weighted by Crippen LogP contribution is 2.26. The van der Waals surface area contributed by atoms with Crippen LogP contribution in [0.4, 0.5) is 4.79 Å². The number of amides is 3. The van der Waals surface area contributed by atoms with Crippen LogP contribution in [0.2, 0.25) is 0 Å². The van der Waals surface area contributed by atoms with Crippen LogP contribution in [0.5, 0.6) is 0 Å². The minimum atomic E-state index is -0.118. The fourth-order valence-electron chi connectivity index (χ4n) is 4.82. The fourth-order valence-corrected chi connectivity index (χ4v) is 4.82. The van der Waals surface area contributed by atoms with Gasteiger partial charge in [0.25, 0.3) is 5.91 Å². The molecule has 1 saturated heterocycles. The highest BCUT2D eigenvalue weighted by molar-refractivity contribution is 5.98. The van der Waals surface area contributed by atoms with Gasteiger partial charge in [-0.2, -0.15) is 0 Å². The molecule has 3 amide bonds. The van der Waals surface area contributed by atoms with Crippen LogP contribution in [0, 0.1) is 0 Å². The summed E-state index contributed by atoms with van der Waals surface area (Å²) in [6.07, 6.45) is 2.51. The largest absolute Gasteiger partial charge is 0.371 e. The average molecular weight is 444 g/mol. The monoisotopic (exact) mass is 443 g/mol. The van der Waals surface area contributed by atoms with Gasteiger partial charge in [-0.15, -0.1) is 0 Å². The predicted molar refractivity (Wildman–Crippen MR) is 128 cm³/mol. The highest BCUT2D eigenvalue weighted by atomic mass is 16.5. The van der Waals surface area contributed by atoms with E-state index < -0.39 is 0 Å². The molecule has 6 nitrogen and oxygen atoms in total. The van der Waals surface area contributed by atoms with E-state index in [4.69, 9.17) is 4.74 Å². The van der Waals surface area contributed by atoms with E-state index in [2.05, 4.69) is 22.8 Å². The quantitative estimate of drug-likeness (QED) is 0.639. The summed E-state index contributed by atoms with van der Waals surface area (Å²) in [4.78, 5) is 27.5. The normalized spacial score (nSPS) is 20.2. The molecule has 2 unspecified atom stereocenters. The maximum Gasteiger partial charge on any atom is 0.317 e. The molecule has 3 aromatic rings. The number of nitrogens with zero attached hydrogens (tertiary/aromatic N) is 1. The first kappa shape index (κ1) is 21.5. The number of rotatable bonds is 4. The van der Waals surface area contributed by atoms with E-state index in [0.29, 0.717) is 31.8 Å². The Balaban J connectivity index is 1.16. The van der Waals surface area contributed by atoms with Gasteiger partial charge in [-0.05, 0) is 53.3 Å². The Morgan fingerprint density at radius 2 is 1.82 bits per heavy atom. The molecular weight excluding hydrogens is 414 g/mol. The lowest BCUT2D eigenvalue weighted by molar-refractivity contribution is 0.0428. The van der Waals surface area contributed by atoms with Crippen LogP contribution in [-0.2, 0) is 11.2 Å². The van der Waals surface area contributed by atoms with Crippen molar-refractivity contribution in [1.82, 2.24) is 15.5 Å². The van der Waals surface area contributed by atoms with Gasteiger partial charge in [0.1, 0.15) is 6.10 Å². The van der Waals surface area contributed by atoms with E-state index in [0.717, 1.165) is 35.6 Å². The van der Waals surface area contributed by atoms with Crippen molar-refractivity contribution >= 4 is 22.7 Å². The summed E-state index contributed by atoms with van der Waals surface area (Å²) in [6, 6.07) is 21.8. The zero-order valence-electron chi connectivity index (χ0n) is 18.6. The topological polar surface area (TPSA) is 70.7 Å². The van der Waals surface area contributed by atoms with Crippen molar-refractivity contribution in [2.75, 3.05) is 26.2 Å². The molecule has 5 rings (SSSR count). The van der Waals surface area contributed by atoms with Crippen molar-refractivity contribution in [3.63, 3.8) is 0 Å². The number of benzene rings is 3. The Labute approximate surface area is 193 Å². The third-order valence-corrected chi connectivity index (χ3v) is 6.59. The van der Waals surface area contributed by atoms with Crippen LogP contribution in [0.25, 0.3) is 10.8 Å². The maximum absolute atomic E-state index is 12.8. The molecule has 0 aliphatic carbocycles. The molecule has 33 heavy (non-hydrogen) atoms. The third-order valence-electron chi connectivity index (χ3n) is 6.59. The summed E-state index contributed by atoms with van der Waals surface area (Å²) in [6.45, 7) is 2.31. The van der Waals surface area contributed by atoms with Crippen LogP contribution in [0.15, 0.2) is 66.7 Å². The van der Waals surface area contributed by atoms with E-state index in [-0.39, 0.29) is 24.1 Å². The van der Waals surface area contributed by atoms with Crippen molar-refractivity contribution in [2.24, 2.45) is 0 Å². The molecule has 2 heterocycles. The number of nitrogens with one attached hydrogen (secondary N) is 2. The van der Waals surface area contributed by atoms with E-state index >= 15 is 0 Å². The lowest BCUT2D eigenvalue weighted by atomic mass is 9.97. The number of fused-ring (bicyclic) bond motifs is 2. The number of carbonyl (C=O) groups excluding carboxylic acids is 2. The van der Waals surface area contributed by atoms with Crippen LogP contribution < -0.4 is 10.6 Å². The molecule has 2 aliphatic heterocycles. The van der Waals surface area contributed by atoms with Crippen molar-refractivity contribution in [3.8, 4) is 0 Å². The van der Waals surface area contributed by atoms with Crippen molar-refractivity contribution in [2.45, 2.75) is 31.4 Å². The van der Waals surface area contributed by atoms with Crippen LogP contribution in [0.1, 0.15) is 40.4 Å². The van der Waals surface area contributed by atoms with Gasteiger partial charge >= 0.3 is 6.03 Å². The molecule has 6 heteroatoms. The zero-order valence-corrected chi connectivity index (χ0v) is 18.6. The summed E-state index contributed by atoms with van der Waals surface area (Å²) < 4.78 is 5.91. The second-order valence-corrected chi connectivity index (χ2v) is 8.81. The highest BCUT2D eigenvalue weighted by Gasteiger charge is 2.27. The summed E-state index contributed by atoms with van der Waals surface area (Å²) in [5.41, 5.74) is 3.09. The molecule has 170 valence electrons. The molecule has 2 atom stereocenters. The lowest BCUT2D eigenvalue weighted by Crippen LogP contribution is -2.52. The maximum atomic E-state index is 12.8. The molecule has 0 aromatic heterocycles. The number of hydrogen-bond acceptors (Lipinski definition) is 3. The molecule has 2 aliphatic rings. The number of ether oxygens (including phenoxy) is 1. The van der Waals surface area contributed by atoms with E-state index in [9.17, 15) is 9.59 Å². The van der Waals surface area contributed by atoms with E-state index in [1.165, 1.54) is 5.56 Å². The van der Waals surface area contributed by atoms with Crippen LogP contribution >= 0.6 is 0 Å². The van der Waals surface area contributed by atoms with Gasteiger partial charge in [0.15, 0.2) is 0 Å². The van der Waals surface area contributed by atoms with Crippen molar-refractivity contribution < 1.29 is 14.3 Å². The molecular formula is C27H29N3O3. The summed E-state index contributed by atoms with van der Waals surface area (Å²) >= 11 is 0. The first-order valence-corrected chi connectivity index (χ1v) is 11.7. The smallest absolute Gasteiger partial charge is 0.317 e. The molecule has 2 N–H and O–H groups in total. The number of piperidine rings is 1. The minimum absolute atomic E-state index is 0.0601. The Kier molecular flexibility index (Phi) is 6.26. The van der Waals surface area contributed by atoms with Crippen LogP contribution in [-0.4, -0.2) is 49.1 Å². The summed E-state index contributed by atoms with van der Waals surface area (Å²) in [5, 5.41) is 8.31. The number of likely N-dealkylation sites (tertiary alicyclic amines) is 1. The summed E-state index contributed by atoms with van der Waals surface area (Å²) in [7, 11) is 0. The standard InChI is InChI=1S/C27H29N3O3/c31-26(22-12-11-19-6-1-2-8-21(19)16-22)29-23-9-5-14-30(18-23)27(32)28-17-25-24-10-4-3-7-20(24)13-15-33-25/h1-4,6-8,10-12,16,23,25H,5,9,13-15,17-18H2,(H,28,32)(H,29,31). The second-order valence-electron chi connectivity index (χ2n) is 8.81. The molecule has 0 saturated carbocycles. The number of hydrogen-bond donors (Lipinski definition) is 2. The van der Waals surface area contributed by atoms with Gasteiger partial charge in [-0.1, -0.05) is 54.6 Å². The Hall–Kier alpha value is -3.38. The Bertz CT molecular complexity index is 1160. The van der Waals surface area contributed by atoms with Gasteiger partial charge in [0.2, 0.25) is 0 Å². The van der Waals surface area contributed by atoms with Gasteiger partial charge in [-0.25, -0.2) is 4.79 Å². The number of carbonyl (C=O) groups is 2. The SMILES string of the molecule is O=C(NC1CCCN(C(=O)NCC2OCCc3ccccc32)C1)c1ccc2ccccc2c1. The predicted octanol–water partition coefficient (Wildman–Crippen LogP) is 4.06. The van der Waals surface area contributed by atoms with Gasteiger partial charge in [0, 0.05) is 31.2 Å². The second kappa shape index (κ2) is 9.63. The van der Waals surface area contributed by atoms with Gasteiger partial charge < -0.3 is 20.3 Å². The Morgan fingerprint density at radius 3 is 2.73 bits per heavy atom. The first-order chi connectivity index (χ1) is 16.2. The van der Waals surface area contributed by atoms with Gasteiger partial charge in [0.05, 0.1) is 6.61 Å². The fraction of sp³-hybridized carbons (Fsp3) is 0.333. The minimum Gasteiger partial charge on any atom is -0.371 e. The zero-order chi connectivity index (χ0) is 22.6. The van der Waals surface area contributed by atoms with Gasteiger partial charge in [-0.3, -0.25) is 4.79 Å². The van der Waals surface area contributed by atoms with E-state index in [1.54, 1.807) is 4.90 Å². The van der Waals surface area contributed by atoms with Crippen molar-refractivity contribution in [1.29, 1.82) is 0 Å². The third kappa shape index (κ3) is 4.86.